The number of thiazole rings is 1. The van der Waals surface area contributed by atoms with Crippen LogP contribution in [0.25, 0.3) is 0 Å². The Labute approximate surface area is 157 Å². The van der Waals surface area contributed by atoms with Crippen LogP contribution in [0.1, 0.15) is 40.3 Å². The third kappa shape index (κ3) is 3.04. The van der Waals surface area contributed by atoms with Gasteiger partial charge < -0.3 is 9.47 Å². The third-order valence-electron chi connectivity index (χ3n) is 5.95. The number of nitriles is 1. The minimum Gasteiger partial charge on any atom is -0.345 e. The van der Waals surface area contributed by atoms with E-state index < -0.39 is 0 Å². The van der Waals surface area contributed by atoms with Crippen molar-refractivity contribution in [2.45, 2.75) is 31.8 Å². The molecule has 1 unspecified atom stereocenters. The van der Waals surface area contributed by atoms with E-state index in [1.165, 1.54) is 11.4 Å². The van der Waals surface area contributed by atoms with Crippen LogP contribution < -0.4 is 0 Å². The molecule has 0 N–H and O–H groups in total. The summed E-state index contributed by atoms with van der Waals surface area (Å²) < 4.78 is 1.76. The maximum Gasteiger partial charge on any atom is 0.270 e. The van der Waals surface area contributed by atoms with Crippen LogP contribution in [-0.2, 0) is 13.6 Å². The van der Waals surface area contributed by atoms with Gasteiger partial charge in [-0.05, 0) is 37.8 Å². The van der Waals surface area contributed by atoms with E-state index >= 15 is 0 Å². The number of aromatic nitrogens is 2. The van der Waals surface area contributed by atoms with Crippen molar-refractivity contribution in [3.05, 3.63) is 40.1 Å². The van der Waals surface area contributed by atoms with Gasteiger partial charge >= 0.3 is 0 Å². The molecule has 0 radical (unpaired) electrons. The highest BCUT2D eigenvalue weighted by Gasteiger charge is 2.56. The molecular formula is C19H23N5OS. The highest BCUT2D eigenvalue weighted by Crippen LogP contribution is 2.56. The van der Waals surface area contributed by atoms with Crippen molar-refractivity contribution in [3.8, 4) is 6.07 Å². The van der Waals surface area contributed by atoms with E-state index in [9.17, 15) is 4.79 Å². The van der Waals surface area contributed by atoms with Crippen LogP contribution in [0, 0.1) is 16.7 Å². The second-order valence-corrected chi connectivity index (χ2v) is 8.53. The van der Waals surface area contributed by atoms with Gasteiger partial charge in [-0.2, -0.15) is 5.26 Å². The van der Waals surface area contributed by atoms with Crippen LogP contribution in [0.4, 0.5) is 0 Å². The molecule has 1 spiro atoms. The van der Waals surface area contributed by atoms with Crippen molar-refractivity contribution in [2.24, 2.45) is 12.5 Å². The van der Waals surface area contributed by atoms with Gasteiger partial charge in [0.2, 0.25) is 0 Å². The molecule has 1 aliphatic heterocycles. The molecule has 1 saturated heterocycles. The summed E-state index contributed by atoms with van der Waals surface area (Å²) in [7, 11) is 4.01. The van der Waals surface area contributed by atoms with Crippen molar-refractivity contribution in [1.82, 2.24) is 19.4 Å². The Kier molecular flexibility index (Phi) is 4.33. The maximum atomic E-state index is 12.8. The second kappa shape index (κ2) is 6.53. The molecule has 6 nitrogen and oxygen atoms in total. The first-order valence-corrected chi connectivity index (χ1v) is 9.85. The normalized spacial score (nSPS) is 21.2. The summed E-state index contributed by atoms with van der Waals surface area (Å²) >= 11 is 1.71. The lowest BCUT2D eigenvalue weighted by Gasteiger charge is -2.34. The molecule has 7 heteroatoms. The van der Waals surface area contributed by atoms with E-state index in [2.05, 4.69) is 23.0 Å². The number of nitrogens with zero attached hydrogens (tertiary/aromatic N) is 5. The molecule has 2 aromatic rings. The van der Waals surface area contributed by atoms with Gasteiger partial charge in [0.25, 0.3) is 5.91 Å². The standard InChI is InChI=1S/C19H23N5OS/c1-22-12-14(11-20)9-15(22)18(25)24-6-3-19(4-7-24)10-16(19)23(2)13-17-21-5-8-26-17/h5,8-9,12,16H,3-4,6-7,10,13H2,1-2H3. The van der Waals surface area contributed by atoms with Gasteiger partial charge in [-0.3, -0.25) is 9.69 Å². The average Bonchev–Trinajstić information content (AvgIpc) is 2.99. The predicted molar refractivity (Wildman–Crippen MR) is 99.7 cm³/mol. The minimum atomic E-state index is 0.0391. The van der Waals surface area contributed by atoms with Gasteiger partial charge in [0, 0.05) is 44.0 Å². The number of rotatable bonds is 4. The largest absolute Gasteiger partial charge is 0.345 e. The van der Waals surface area contributed by atoms with Crippen LogP contribution >= 0.6 is 11.3 Å². The van der Waals surface area contributed by atoms with Crippen molar-refractivity contribution < 1.29 is 4.79 Å². The van der Waals surface area contributed by atoms with E-state index in [1.807, 2.05) is 23.5 Å². The lowest BCUT2D eigenvalue weighted by atomic mass is 9.92. The first kappa shape index (κ1) is 17.3. The molecule has 3 heterocycles. The van der Waals surface area contributed by atoms with E-state index in [-0.39, 0.29) is 5.91 Å². The molecule has 2 fully saturated rings. The summed E-state index contributed by atoms with van der Waals surface area (Å²) in [6.07, 6.45) is 6.91. The molecule has 0 aromatic carbocycles. The zero-order valence-electron chi connectivity index (χ0n) is 15.2. The number of hydrogen-bond acceptors (Lipinski definition) is 5. The summed E-state index contributed by atoms with van der Waals surface area (Å²) in [6, 6.07) is 4.39. The monoisotopic (exact) mass is 369 g/mol. The van der Waals surface area contributed by atoms with Crippen molar-refractivity contribution in [2.75, 3.05) is 20.1 Å². The van der Waals surface area contributed by atoms with Crippen LogP contribution in [0.2, 0.25) is 0 Å². The average molecular weight is 369 g/mol. The fourth-order valence-corrected chi connectivity index (χ4v) is 4.98. The molecule has 1 atom stereocenters. The number of amides is 1. The number of likely N-dealkylation sites (tertiary alicyclic amines) is 1. The molecule has 2 aromatic heterocycles. The molecular weight excluding hydrogens is 346 g/mol. The number of piperidine rings is 1. The van der Waals surface area contributed by atoms with Gasteiger partial charge in [-0.25, -0.2) is 4.98 Å². The Morgan fingerprint density at radius 3 is 2.88 bits per heavy atom. The SMILES string of the molecule is CN(Cc1nccs1)C1CC12CCN(C(=O)c1cc(C#N)cn1C)CC2. The fourth-order valence-electron chi connectivity index (χ4n) is 4.30. The van der Waals surface area contributed by atoms with Crippen LogP contribution in [-0.4, -0.2) is 51.4 Å². The van der Waals surface area contributed by atoms with Crippen LogP contribution in [0.3, 0.4) is 0 Å². The molecule has 1 amide bonds. The lowest BCUT2D eigenvalue weighted by molar-refractivity contribution is 0.0648. The van der Waals surface area contributed by atoms with E-state index in [0.717, 1.165) is 32.5 Å². The van der Waals surface area contributed by atoms with Crippen molar-refractivity contribution in [3.63, 3.8) is 0 Å². The highest BCUT2D eigenvalue weighted by molar-refractivity contribution is 7.09. The first-order valence-electron chi connectivity index (χ1n) is 8.97. The van der Waals surface area contributed by atoms with Gasteiger partial charge in [-0.1, -0.05) is 0 Å². The van der Waals surface area contributed by atoms with Crippen molar-refractivity contribution >= 4 is 17.2 Å². The van der Waals surface area contributed by atoms with Gasteiger partial charge in [-0.15, -0.1) is 11.3 Å². The van der Waals surface area contributed by atoms with Crippen LogP contribution in [0.15, 0.2) is 23.8 Å². The molecule has 0 bridgehead atoms. The fraction of sp³-hybridized carbons (Fsp3) is 0.526. The summed E-state index contributed by atoms with van der Waals surface area (Å²) in [5.41, 5.74) is 1.51. The Morgan fingerprint density at radius 1 is 1.50 bits per heavy atom. The Bertz CT molecular complexity index is 842. The Balaban J connectivity index is 1.35. The molecule has 26 heavy (non-hydrogen) atoms. The van der Waals surface area contributed by atoms with E-state index in [0.29, 0.717) is 22.7 Å². The zero-order valence-corrected chi connectivity index (χ0v) is 16.0. The third-order valence-corrected chi connectivity index (χ3v) is 6.71. The quantitative estimate of drug-likeness (QED) is 0.830. The number of carbonyl (C=O) groups is 1. The predicted octanol–water partition coefficient (Wildman–Crippen LogP) is 2.48. The summed E-state index contributed by atoms with van der Waals surface area (Å²) in [5, 5.41) is 12.2. The lowest BCUT2D eigenvalue weighted by Crippen LogP contribution is -2.41. The summed E-state index contributed by atoms with van der Waals surface area (Å²) in [4.78, 5) is 21.5. The number of aryl methyl sites for hydroxylation is 1. The second-order valence-electron chi connectivity index (χ2n) is 7.55. The Hall–Kier alpha value is -2.17. The van der Waals surface area contributed by atoms with Gasteiger partial charge in [0.1, 0.15) is 16.8 Å². The van der Waals surface area contributed by atoms with Gasteiger partial charge in [0.15, 0.2) is 0 Å². The first-order chi connectivity index (χ1) is 12.5. The smallest absolute Gasteiger partial charge is 0.270 e. The zero-order chi connectivity index (χ0) is 18.3. The molecule has 2 aliphatic rings. The summed E-state index contributed by atoms with van der Waals surface area (Å²) in [5.74, 6) is 0.0391. The minimum absolute atomic E-state index is 0.0391. The molecule has 1 saturated carbocycles. The topological polar surface area (TPSA) is 65.2 Å². The molecule has 1 aliphatic carbocycles. The van der Waals surface area contributed by atoms with Crippen LogP contribution in [0.5, 0.6) is 0 Å². The summed E-state index contributed by atoms with van der Waals surface area (Å²) in [6.45, 7) is 2.51. The van der Waals surface area contributed by atoms with E-state index in [1.54, 1.807) is 28.2 Å². The number of hydrogen-bond donors (Lipinski definition) is 0. The molecule has 136 valence electrons. The van der Waals surface area contributed by atoms with Gasteiger partial charge in [0.05, 0.1) is 12.1 Å². The van der Waals surface area contributed by atoms with Crippen molar-refractivity contribution in [1.29, 1.82) is 5.26 Å². The highest BCUT2D eigenvalue weighted by atomic mass is 32.1. The Morgan fingerprint density at radius 2 is 2.27 bits per heavy atom. The maximum absolute atomic E-state index is 12.8. The van der Waals surface area contributed by atoms with E-state index in [4.69, 9.17) is 5.26 Å². The number of carbonyl (C=O) groups excluding carboxylic acids is 1. The molecule has 4 rings (SSSR count).